The van der Waals surface area contributed by atoms with Crippen LogP contribution < -0.4 is 16.0 Å². The summed E-state index contributed by atoms with van der Waals surface area (Å²) in [5, 5.41) is 19.4. The molecule has 3 heterocycles. The molecule has 0 radical (unpaired) electrons. The largest absolute Gasteiger partial charge is 0.355 e. The van der Waals surface area contributed by atoms with E-state index >= 15 is 0 Å². The predicted octanol–water partition coefficient (Wildman–Crippen LogP) is 6.66. The summed E-state index contributed by atoms with van der Waals surface area (Å²) in [6.07, 6.45) is 6.77. The molecule has 0 aliphatic heterocycles. The average molecular weight is 488 g/mol. The van der Waals surface area contributed by atoms with Gasteiger partial charge >= 0.3 is 0 Å². The minimum Gasteiger partial charge on any atom is -0.355 e. The molecule has 0 bridgehead atoms. The molecule has 0 fully saturated rings. The van der Waals surface area contributed by atoms with Gasteiger partial charge in [0, 0.05) is 46.6 Å². The number of rotatable bonds is 6. The van der Waals surface area contributed by atoms with Crippen molar-refractivity contribution in [2.75, 3.05) is 16.0 Å². The number of hydrogen-bond donors (Lipinski definition) is 3. The third-order valence-corrected chi connectivity index (χ3v) is 5.27. The molecule has 1 amide bonds. The Morgan fingerprint density at radius 1 is 0.784 bits per heavy atom. The maximum absolute atomic E-state index is 12.7. The van der Waals surface area contributed by atoms with E-state index in [0.29, 0.717) is 16.9 Å². The normalized spacial score (nSPS) is 9.97. The zero-order valence-corrected chi connectivity index (χ0v) is 20.4. The van der Waals surface area contributed by atoms with E-state index < -0.39 is 0 Å². The van der Waals surface area contributed by atoms with E-state index in [1.54, 1.807) is 55.1 Å². The Morgan fingerprint density at radius 2 is 1.51 bits per heavy atom. The number of fused-ring (bicyclic) bond motifs is 1. The van der Waals surface area contributed by atoms with Crippen molar-refractivity contribution in [3.63, 3.8) is 0 Å². The van der Waals surface area contributed by atoms with Crippen LogP contribution in [0.1, 0.15) is 29.8 Å². The van der Waals surface area contributed by atoms with Gasteiger partial charge in [0.15, 0.2) is 0 Å². The summed E-state index contributed by atoms with van der Waals surface area (Å²) in [6, 6.07) is 23.8. The van der Waals surface area contributed by atoms with Crippen molar-refractivity contribution >= 4 is 45.4 Å². The van der Waals surface area contributed by atoms with Gasteiger partial charge in [-0.3, -0.25) is 14.8 Å². The van der Waals surface area contributed by atoms with Crippen LogP contribution in [0.15, 0.2) is 97.6 Å². The summed E-state index contributed by atoms with van der Waals surface area (Å²) < 4.78 is 0. The minimum absolute atomic E-state index is 0.257. The number of amides is 1. The number of nitriles is 1. The lowest BCUT2D eigenvalue weighted by atomic mass is 10.1. The van der Waals surface area contributed by atoms with Gasteiger partial charge in [-0.05, 0) is 72.8 Å². The number of anilines is 5. The van der Waals surface area contributed by atoms with Crippen LogP contribution in [-0.4, -0.2) is 20.9 Å². The summed E-state index contributed by atoms with van der Waals surface area (Å²) in [6.45, 7) is 4.00. The first-order chi connectivity index (χ1) is 18.2. The monoisotopic (exact) mass is 487 g/mol. The first kappa shape index (κ1) is 24.8. The van der Waals surface area contributed by atoms with E-state index in [9.17, 15) is 10.1 Å². The SMILES string of the molecule is CC.N#Cc1ccc2nccc(Nc3ccc(C(=O)Nc4ccc(Nc5ccncc5)cn4)cc3)c2c1. The standard InChI is InChI=1S/C27H19N7O.C2H6/c28-16-18-1-7-24-23(15-18)25(11-14-30-24)33-20-4-2-19(3-5-20)27(35)34-26-8-6-22(17-31-26)32-21-9-12-29-13-10-21;1-2/h1-15,17H,(H,29,32)(H,30,33)(H,31,34,35);1-2H3. The highest BCUT2D eigenvalue weighted by Crippen LogP contribution is 2.26. The fourth-order valence-corrected chi connectivity index (χ4v) is 3.52. The van der Waals surface area contributed by atoms with Gasteiger partial charge in [0.1, 0.15) is 5.82 Å². The second-order valence-corrected chi connectivity index (χ2v) is 7.65. The number of carbonyl (C=O) groups is 1. The maximum Gasteiger partial charge on any atom is 0.256 e. The highest BCUT2D eigenvalue weighted by atomic mass is 16.1. The van der Waals surface area contributed by atoms with Gasteiger partial charge in [-0.15, -0.1) is 0 Å². The van der Waals surface area contributed by atoms with E-state index in [0.717, 1.165) is 33.7 Å². The molecule has 3 N–H and O–H groups in total. The van der Waals surface area contributed by atoms with Crippen LogP contribution in [0.2, 0.25) is 0 Å². The lowest BCUT2D eigenvalue weighted by molar-refractivity contribution is 0.102. The van der Waals surface area contributed by atoms with Crippen LogP contribution in [-0.2, 0) is 0 Å². The molecular weight excluding hydrogens is 462 g/mol. The summed E-state index contributed by atoms with van der Waals surface area (Å²) in [4.78, 5) is 25.3. The summed E-state index contributed by atoms with van der Waals surface area (Å²) in [5.74, 6) is 0.195. The molecular formula is C29H25N7O. The third-order valence-electron chi connectivity index (χ3n) is 5.27. The Bertz CT molecular complexity index is 1530. The van der Waals surface area contributed by atoms with Gasteiger partial charge in [0.2, 0.25) is 0 Å². The number of nitrogens with one attached hydrogen (secondary N) is 3. The molecule has 0 unspecified atom stereocenters. The van der Waals surface area contributed by atoms with E-state index in [-0.39, 0.29) is 5.91 Å². The maximum atomic E-state index is 12.7. The summed E-state index contributed by atoms with van der Waals surface area (Å²) in [7, 11) is 0. The highest BCUT2D eigenvalue weighted by molar-refractivity contribution is 6.04. The van der Waals surface area contributed by atoms with Crippen molar-refractivity contribution < 1.29 is 4.79 Å². The Balaban J connectivity index is 0.00000156. The van der Waals surface area contributed by atoms with Crippen molar-refractivity contribution in [2.24, 2.45) is 0 Å². The molecule has 5 aromatic rings. The lowest BCUT2D eigenvalue weighted by Crippen LogP contribution is -2.12. The van der Waals surface area contributed by atoms with Crippen molar-refractivity contribution in [2.45, 2.75) is 13.8 Å². The van der Waals surface area contributed by atoms with E-state index in [1.807, 2.05) is 56.3 Å². The molecule has 0 saturated carbocycles. The third kappa shape index (κ3) is 6.24. The zero-order valence-electron chi connectivity index (χ0n) is 20.4. The van der Waals surface area contributed by atoms with Crippen molar-refractivity contribution in [3.8, 4) is 6.07 Å². The number of benzene rings is 2. The Labute approximate surface area is 215 Å². The van der Waals surface area contributed by atoms with Gasteiger partial charge in [-0.25, -0.2) is 4.98 Å². The van der Waals surface area contributed by atoms with E-state index in [1.165, 1.54) is 0 Å². The van der Waals surface area contributed by atoms with Crippen LogP contribution in [0.3, 0.4) is 0 Å². The number of nitrogens with zero attached hydrogens (tertiary/aromatic N) is 4. The van der Waals surface area contributed by atoms with Gasteiger partial charge in [-0.1, -0.05) is 13.8 Å². The van der Waals surface area contributed by atoms with Crippen molar-refractivity contribution in [1.29, 1.82) is 5.26 Å². The number of aromatic nitrogens is 3. The lowest BCUT2D eigenvalue weighted by Gasteiger charge is -2.11. The second-order valence-electron chi connectivity index (χ2n) is 7.65. The Morgan fingerprint density at radius 3 is 2.22 bits per heavy atom. The average Bonchev–Trinajstić information content (AvgIpc) is 2.96. The van der Waals surface area contributed by atoms with Crippen LogP contribution in [0, 0.1) is 11.3 Å². The van der Waals surface area contributed by atoms with Gasteiger partial charge in [0.25, 0.3) is 5.91 Å². The van der Waals surface area contributed by atoms with Crippen molar-refractivity contribution in [1.82, 2.24) is 15.0 Å². The second kappa shape index (κ2) is 11.9. The predicted molar refractivity (Wildman–Crippen MR) is 147 cm³/mol. The summed E-state index contributed by atoms with van der Waals surface area (Å²) >= 11 is 0. The Hall–Kier alpha value is -5.29. The molecule has 0 saturated heterocycles. The minimum atomic E-state index is -0.257. The van der Waals surface area contributed by atoms with Crippen molar-refractivity contribution in [3.05, 3.63) is 109 Å². The zero-order chi connectivity index (χ0) is 26.0. The van der Waals surface area contributed by atoms with Crippen LogP contribution in [0.25, 0.3) is 10.9 Å². The van der Waals surface area contributed by atoms with Gasteiger partial charge < -0.3 is 16.0 Å². The molecule has 8 nitrogen and oxygen atoms in total. The smallest absolute Gasteiger partial charge is 0.256 e. The van der Waals surface area contributed by atoms with Gasteiger partial charge in [0.05, 0.1) is 29.0 Å². The fraction of sp³-hybridized carbons (Fsp3) is 0.0690. The van der Waals surface area contributed by atoms with E-state index in [2.05, 4.69) is 37.0 Å². The van der Waals surface area contributed by atoms with Gasteiger partial charge in [-0.2, -0.15) is 5.26 Å². The first-order valence-electron chi connectivity index (χ1n) is 11.8. The fourth-order valence-electron chi connectivity index (χ4n) is 3.52. The number of carbonyl (C=O) groups excluding carboxylic acids is 1. The molecule has 37 heavy (non-hydrogen) atoms. The molecule has 2 aromatic carbocycles. The Kier molecular flexibility index (Phi) is 7.99. The molecule has 8 heteroatoms. The molecule has 0 atom stereocenters. The first-order valence-corrected chi connectivity index (χ1v) is 11.8. The van der Waals surface area contributed by atoms with E-state index in [4.69, 9.17) is 0 Å². The number of hydrogen-bond acceptors (Lipinski definition) is 7. The summed E-state index contributed by atoms with van der Waals surface area (Å²) in [5.41, 5.74) is 5.19. The van der Waals surface area contributed by atoms with Crippen LogP contribution >= 0.6 is 0 Å². The molecule has 0 spiro atoms. The molecule has 5 rings (SSSR count). The van der Waals surface area contributed by atoms with Crippen LogP contribution in [0.4, 0.5) is 28.6 Å². The molecule has 0 aliphatic carbocycles. The number of pyridine rings is 3. The quantitative estimate of drug-likeness (QED) is 0.245. The molecule has 0 aliphatic rings. The molecule has 3 aromatic heterocycles. The highest BCUT2D eigenvalue weighted by Gasteiger charge is 2.09. The van der Waals surface area contributed by atoms with Crippen LogP contribution in [0.5, 0.6) is 0 Å². The topological polar surface area (TPSA) is 116 Å². The molecule has 182 valence electrons.